The molecule has 0 aromatic rings. The van der Waals surface area contributed by atoms with E-state index in [1.165, 1.54) is 6.92 Å². The molecule has 0 bridgehead atoms. The first-order chi connectivity index (χ1) is 10.7. The van der Waals surface area contributed by atoms with Gasteiger partial charge in [-0.2, -0.15) is 0 Å². The lowest BCUT2D eigenvalue weighted by Gasteiger charge is -2.16. The number of carboxylic acid groups (broad SMARTS) is 1. The van der Waals surface area contributed by atoms with E-state index in [0.717, 1.165) is 0 Å². The quantitative estimate of drug-likeness (QED) is 0.124. The minimum absolute atomic E-state index is 0.0562. The van der Waals surface area contributed by atoms with Gasteiger partial charge >= 0.3 is 5.97 Å². The average molecular weight is 457 g/mol. The van der Waals surface area contributed by atoms with Gasteiger partial charge in [-0.1, -0.05) is 12.2 Å². The summed E-state index contributed by atoms with van der Waals surface area (Å²) in [5, 5.41) is 16.1. The number of aliphatic carboxylic acids is 1. The molecule has 23 heavy (non-hydrogen) atoms. The lowest BCUT2D eigenvalue weighted by Crippen LogP contribution is -2.46. The zero-order valence-electron chi connectivity index (χ0n) is 12.7. The van der Waals surface area contributed by atoms with Gasteiger partial charge < -0.3 is 21.1 Å². The Bertz CT molecular complexity index is 473. The van der Waals surface area contributed by atoms with Crippen LogP contribution in [0.5, 0.6) is 0 Å². The van der Waals surface area contributed by atoms with Gasteiger partial charge in [-0.05, 0) is 41.9 Å². The van der Waals surface area contributed by atoms with Crippen LogP contribution in [0, 0.1) is 0 Å². The second kappa shape index (κ2) is 12.2. The Kier molecular flexibility index (Phi) is 11.5. The molecule has 0 aromatic carbocycles. The third kappa shape index (κ3) is 12.9. The second-order valence-electron chi connectivity index (χ2n) is 4.76. The Morgan fingerprint density at radius 3 is 2.35 bits per heavy atom. The highest BCUT2D eigenvalue weighted by Gasteiger charge is 2.19. The van der Waals surface area contributed by atoms with Crippen LogP contribution in [0.2, 0.25) is 0 Å². The normalized spacial score (nSPS) is 11.2. The first-order valence-electron chi connectivity index (χ1n) is 6.98. The van der Waals surface area contributed by atoms with Crippen LogP contribution in [0.1, 0.15) is 39.0 Å². The molecule has 0 unspecified atom stereocenters. The number of rotatable bonds is 10. The van der Waals surface area contributed by atoms with Crippen molar-refractivity contribution in [3.8, 4) is 0 Å². The number of amides is 3. The number of halogens is 1. The fourth-order valence-corrected chi connectivity index (χ4v) is 2.07. The number of carboxylic acids is 1. The zero-order chi connectivity index (χ0) is 17.8. The largest absolute Gasteiger partial charge is 0.481 e. The molecule has 3 amide bonds. The van der Waals surface area contributed by atoms with E-state index in [1.807, 2.05) is 0 Å². The molecule has 8 nitrogen and oxygen atoms in total. The molecule has 0 spiro atoms. The Morgan fingerprint density at radius 1 is 1.17 bits per heavy atom. The molecule has 0 heterocycles. The van der Waals surface area contributed by atoms with Gasteiger partial charge in [0.1, 0.15) is 9.04 Å². The first-order valence-corrected chi connectivity index (χ1v) is 8.47. The highest BCUT2D eigenvalue weighted by atomic mass is 127. The molecule has 0 aliphatic carbocycles. The Hall–Kier alpha value is -1.30. The van der Waals surface area contributed by atoms with E-state index in [4.69, 9.17) is 17.3 Å². The molecular formula is C13H20IN3O5S. The summed E-state index contributed by atoms with van der Waals surface area (Å²) in [4.78, 5) is 44.6. The van der Waals surface area contributed by atoms with Crippen molar-refractivity contribution >= 4 is 61.5 Å². The third-order valence-electron chi connectivity index (χ3n) is 2.72. The smallest absolute Gasteiger partial charge is 0.303 e. The van der Waals surface area contributed by atoms with Crippen LogP contribution in [0.4, 0.5) is 0 Å². The minimum atomic E-state index is -1.02. The van der Waals surface area contributed by atoms with Crippen LogP contribution in [0.15, 0.2) is 0 Å². The molecule has 0 saturated carbocycles. The summed E-state index contributed by atoms with van der Waals surface area (Å²) in [6.07, 6.45) is 1.37. The number of nitrogens with one attached hydrogen (secondary N) is 3. The Morgan fingerprint density at radius 2 is 1.83 bits per heavy atom. The SMILES string of the molecule is CC(=O)N[C@@H](CCCCNC(=O)CCC(=O)O)C(=O)NC(=S)I. The number of hydrogen-bond donors (Lipinski definition) is 4. The van der Waals surface area contributed by atoms with E-state index in [1.54, 1.807) is 22.6 Å². The summed E-state index contributed by atoms with van der Waals surface area (Å²) in [5.41, 5.74) is 0. The summed E-state index contributed by atoms with van der Waals surface area (Å²) in [7, 11) is 0. The lowest BCUT2D eigenvalue weighted by atomic mass is 10.1. The van der Waals surface area contributed by atoms with Gasteiger partial charge in [-0.3, -0.25) is 19.2 Å². The van der Waals surface area contributed by atoms with Gasteiger partial charge in [0.05, 0.1) is 6.42 Å². The number of thiocarbonyl (C=S) groups is 1. The maximum atomic E-state index is 11.9. The van der Waals surface area contributed by atoms with E-state index < -0.39 is 12.0 Å². The lowest BCUT2D eigenvalue weighted by molar-refractivity contribution is -0.138. The predicted octanol–water partition coefficient (Wildman–Crippen LogP) is 0.479. The summed E-state index contributed by atoms with van der Waals surface area (Å²) in [6.45, 7) is 1.71. The van der Waals surface area contributed by atoms with Crippen LogP contribution in [-0.2, 0) is 19.2 Å². The summed E-state index contributed by atoms with van der Waals surface area (Å²) in [6, 6.07) is -0.678. The van der Waals surface area contributed by atoms with Crippen LogP contribution < -0.4 is 16.0 Å². The fraction of sp³-hybridized carbons (Fsp3) is 0.615. The van der Waals surface area contributed by atoms with Crippen LogP contribution in [0.25, 0.3) is 0 Å². The molecule has 0 saturated heterocycles. The molecule has 0 rings (SSSR count). The highest BCUT2D eigenvalue weighted by Crippen LogP contribution is 2.02. The number of carbonyl (C=O) groups is 4. The van der Waals surface area contributed by atoms with Gasteiger partial charge in [0.25, 0.3) is 0 Å². The molecule has 4 N–H and O–H groups in total. The van der Waals surface area contributed by atoms with Gasteiger partial charge in [0.2, 0.25) is 17.7 Å². The van der Waals surface area contributed by atoms with Crippen molar-refractivity contribution in [1.29, 1.82) is 0 Å². The van der Waals surface area contributed by atoms with Crippen LogP contribution in [0.3, 0.4) is 0 Å². The molecule has 0 aliphatic heterocycles. The fourth-order valence-electron chi connectivity index (χ4n) is 1.71. The summed E-state index contributed by atoms with van der Waals surface area (Å²) < 4.78 is 0.300. The molecule has 0 aromatic heterocycles. The Labute approximate surface area is 153 Å². The van der Waals surface area contributed by atoms with E-state index in [0.29, 0.717) is 28.8 Å². The molecule has 10 heteroatoms. The monoisotopic (exact) mass is 457 g/mol. The maximum absolute atomic E-state index is 11.9. The van der Waals surface area contributed by atoms with Crippen molar-refractivity contribution in [3.63, 3.8) is 0 Å². The number of carbonyl (C=O) groups excluding carboxylic acids is 3. The number of hydrogen-bond acceptors (Lipinski definition) is 5. The Balaban J connectivity index is 4.05. The zero-order valence-corrected chi connectivity index (χ0v) is 15.7. The standard InChI is InChI=1S/C13H20IN3O5S/c1-8(18)16-9(12(22)17-13(14)23)4-2-3-7-15-10(19)5-6-11(20)21/h9H,2-7H2,1H3,(H,15,19)(H,16,18)(H,20,21)(H,17,22,23)/t9-/m0/s1. The molecule has 130 valence electrons. The molecule has 0 aliphatic rings. The highest BCUT2D eigenvalue weighted by molar-refractivity contribution is 14.1. The van der Waals surface area contributed by atoms with Crippen LogP contribution in [-0.4, -0.2) is 44.4 Å². The average Bonchev–Trinajstić information content (AvgIpc) is 2.42. The van der Waals surface area contributed by atoms with E-state index in [2.05, 4.69) is 16.0 Å². The predicted molar refractivity (Wildman–Crippen MR) is 96.1 cm³/mol. The second-order valence-corrected chi connectivity index (χ2v) is 6.97. The first kappa shape index (κ1) is 21.7. The maximum Gasteiger partial charge on any atom is 0.303 e. The van der Waals surface area contributed by atoms with Crippen molar-refractivity contribution in [1.82, 2.24) is 16.0 Å². The van der Waals surface area contributed by atoms with Crippen molar-refractivity contribution in [2.75, 3.05) is 6.54 Å². The number of unbranched alkanes of at least 4 members (excludes halogenated alkanes) is 1. The van der Waals surface area contributed by atoms with E-state index in [9.17, 15) is 19.2 Å². The van der Waals surface area contributed by atoms with Crippen LogP contribution >= 0.6 is 34.8 Å². The molecule has 0 fully saturated rings. The molecule has 1 atom stereocenters. The molecule has 0 radical (unpaired) electrons. The van der Waals surface area contributed by atoms with E-state index in [-0.39, 0.29) is 30.6 Å². The van der Waals surface area contributed by atoms with Gasteiger partial charge in [0, 0.05) is 19.9 Å². The van der Waals surface area contributed by atoms with Crippen molar-refractivity contribution in [2.24, 2.45) is 0 Å². The minimum Gasteiger partial charge on any atom is -0.481 e. The molecular weight excluding hydrogens is 437 g/mol. The van der Waals surface area contributed by atoms with Crippen molar-refractivity contribution in [3.05, 3.63) is 0 Å². The van der Waals surface area contributed by atoms with Gasteiger partial charge in [-0.15, -0.1) is 0 Å². The van der Waals surface area contributed by atoms with Gasteiger partial charge in [0.15, 0.2) is 0 Å². The van der Waals surface area contributed by atoms with Crippen molar-refractivity contribution < 1.29 is 24.3 Å². The van der Waals surface area contributed by atoms with E-state index >= 15 is 0 Å². The topological polar surface area (TPSA) is 125 Å². The summed E-state index contributed by atoms with van der Waals surface area (Å²) >= 11 is 6.58. The van der Waals surface area contributed by atoms with Gasteiger partial charge in [-0.25, -0.2) is 0 Å². The van der Waals surface area contributed by atoms with Crippen molar-refractivity contribution in [2.45, 2.75) is 45.1 Å². The third-order valence-corrected chi connectivity index (χ3v) is 3.09. The summed E-state index contributed by atoms with van der Waals surface area (Å²) in [5.74, 6) is -2.02.